The van der Waals surface area contributed by atoms with Gasteiger partial charge >= 0.3 is 0 Å². The van der Waals surface area contributed by atoms with Crippen molar-refractivity contribution in [3.8, 4) is 5.75 Å². The third kappa shape index (κ3) is 3.80. The maximum Gasteiger partial charge on any atom is 0.257 e. The summed E-state index contributed by atoms with van der Waals surface area (Å²) in [6, 6.07) is 7.01. The van der Waals surface area contributed by atoms with Gasteiger partial charge in [0.15, 0.2) is 5.65 Å². The van der Waals surface area contributed by atoms with E-state index in [1.807, 2.05) is 18.5 Å². The Morgan fingerprint density at radius 3 is 2.57 bits per heavy atom. The van der Waals surface area contributed by atoms with Gasteiger partial charge in [0, 0.05) is 24.0 Å². The number of methoxy groups -OCH3 is 1. The quantitative estimate of drug-likeness (QED) is 0.704. The van der Waals surface area contributed by atoms with Gasteiger partial charge in [0.05, 0.1) is 30.3 Å². The van der Waals surface area contributed by atoms with Crippen molar-refractivity contribution >= 4 is 34.2 Å². The van der Waals surface area contributed by atoms with Crippen LogP contribution in [0, 0.1) is 6.92 Å². The molecule has 0 aliphatic rings. The van der Waals surface area contributed by atoms with Gasteiger partial charge in [0.1, 0.15) is 5.75 Å². The number of carbonyl (C=O) groups excluding carboxylic acids is 2. The maximum atomic E-state index is 12.8. The first-order valence-electron chi connectivity index (χ1n) is 8.92. The summed E-state index contributed by atoms with van der Waals surface area (Å²) < 4.78 is 7.06. The number of aromatic nitrogens is 3. The lowest BCUT2D eigenvalue weighted by Gasteiger charge is -2.13. The van der Waals surface area contributed by atoms with Gasteiger partial charge in [-0.25, -0.2) is 9.67 Å². The number of nitrogens with one attached hydrogen (secondary N) is 2. The van der Waals surface area contributed by atoms with E-state index in [9.17, 15) is 9.59 Å². The molecule has 28 heavy (non-hydrogen) atoms. The molecule has 8 heteroatoms. The van der Waals surface area contributed by atoms with Crippen molar-refractivity contribution in [3.05, 3.63) is 41.7 Å². The highest BCUT2D eigenvalue weighted by Crippen LogP contribution is 2.28. The van der Waals surface area contributed by atoms with Gasteiger partial charge in [-0.3, -0.25) is 9.59 Å². The van der Waals surface area contributed by atoms with E-state index < -0.39 is 0 Å². The van der Waals surface area contributed by atoms with Crippen LogP contribution in [0.4, 0.5) is 11.4 Å². The highest BCUT2D eigenvalue weighted by atomic mass is 16.5. The molecule has 0 unspecified atom stereocenters. The van der Waals surface area contributed by atoms with Crippen LogP contribution in [0.3, 0.4) is 0 Å². The fourth-order valence-corrected chi connectivity index (χ4v) is 2.94. The lowest BCUT2D eigenvalue weighted by atomic mass is 10.1. The second-order valence-electron chi connectivity index (χ2n) is 6.77. The van der Waals surface area contributed by atoms with Crippen LogP contribution < -0.4 is 15.4 Å². The summed E-state index contributed by atoms with van der Waals surface area (Å²) >= 11 is 0. The molecule has 2 aromatic heterocycles. The Morgan fingerprint density at radius 2 is 1.93 bits per heavy atom. The number of hydrogen-bond donors (Lipinski definition) is 2. The minimum Gasteiger partial charge on any atom is -0.495 e. The lowest BCUT2D eigenvalue weighted by Crippen LogP contribution is -2.15. The molecule has 0 spiro atoms. The minimum atomic E-state index is -0.289. The van der Waals surface area contributed by atoms with Crippen molar-refractivity contribution < 1.29 is 14.3 Å². The van der Waals surface area contributed by atoms with Crippen LogP contribution in [-0.4, -0.2) is 33.7 Å². The van der Waals surface area contributed by atoms with Crippen molar-refractivity contribution in [2.24, 2.45) is 0 Å². The summed E-state index contributed by atoms with van der Waals surface area (Å²) in [6.07, 6.45) is 1.71. The number of benzene rings is 1. The molecular formula is C20H23N5O3. The van der Waals surface area contributed by atoms with Crippen LogP contribution >= 0.6 is 0 Å². The van der Waals surface area contributed by atoms with Gasteiger partial charge in [0.25, 0.3) is 5.91 Å². The molecule has 0 aliphatic heterocycles. The zero-order valence-corrected chi connectivity index (χ0v) is 16.5. The predicted octanol–water partition coefficient (Wildman–Crippen LogP) is 3.54. The minimum absolute atomic E-state index is 0.176. The van der Waals surface area contributed by atoms with Gasteiger partial charge in [0.2, 0.25) is 5.91 Å². The average Bonchev–Trinajstić information content (AvgIpc) is 3.03. The zero-order valence-electron chi connectivity index (χ0n) is 16.5. The largest absolute Gasteiger partial charge is 0.495 e. The van der Waals surface area contributed by atoms with Crippen molar-refractivity contribution in [1.82, 2.24) is 14.8 Å². The molecule has 2 N–H and O–H groups in total. The van der Waals surface area contributed by atoms with Gasteiger partial charge in [-0.2, -0.15) is 5.10 Å². The van der Waals surface area contributed by atoms with Gasteiger partial charge in [-0.1, -0.05) is 0 Å². The van der Waals surface area contributed by atoms with E-state index in [2.05, 4.69) is 20.7 Å². The monoisotopic (exact) mass is 381 g/mol. The Bertz CT molecular complexity index is 1060. The first-order chi connectivity index (χ1) is 13.3. The van der Waals surface area contributed by atoms with Crippen molar-refractivity contribution in [2.45, 2.75) is 33.7 Å². The number of carbonyl (C=O) groups is 2. The molecule has 0 fully saturated rings. The third-order valence-electron chi connectivity index (χ3n) is 4.26. The Balaban J connectivity index is 1.91. The first kappa shape index (κ1) is 19.3. The molecule has 0 saturated carbocycles. The Hall–Kier alpha value is -3.42. The number of rotatable bonds is 5. The van der Waals surface area contributed by atoms with Crippen molar-refractivity contribution in [2.75, 3.05) is 17.7 Å². The lowest BCUT2D eigenvalue weighted by molar-refractivity contribution is -0.114. The number of amides is 2. The molecule has 0 bridgehead atoms. The highest BCUT2D eigenvalue weighted by molar-refractivity contribution is 6.07. The number of nitrogens with zero attached hydrogens (tertiary/aromatic N) is 3. The molecule has 3 rings (SSSR count). The number of fused-ring (bicyclic) bond motifs is 1. The molecule has 146 valence electrons. The van der Waals surface area contributed by atoms with E-state index in [0.717, 1.165) is 11.0 Å². The Kier molecular flexibility index (Phi) is 5.30. The number of ether oxygens (including phenoxy) is 1. The van der Waals surface area contributed by atoms with E-state index in [-0.39, 0.29) is 17.9 Å². The zero-order chi connectivity index (χ0) is 20.4. The molecule has 3 aromatic rings. The Labute approximate surface area is 162 Å². The molecule has 0 radical (unpaired) electrons. The summed E-state index contributed by atoms with van der Waals surface area (Å²) in [4.78, 5) is 28.8. The topological polar surface area (TPSA) is 98.1 Å². The number of pyridine rings is 1. The van der Waals surface area contributed by atoms with Crippen LogP contribution in [0.15, 0.2) is 30.5 Å². The smallest absolute Gasteiger partial charge is 0.257 e. The van der Waals surface area contributed by atoms with Crippen LogP contribution in [0.5, 0.6) is 5.75 Å². The third-order valence-corrected chi connectivity index (χ3v) is 4.26. The SMILES string of the molecule is COc1ccc(NC(=O)c2cc3cnn(C(C)C)c3nc2C)cc1NC(C)=O. The van der Waals surface area contributed by atoms with E-state index in [4.69, 9.17) is 4.74 Å². The highest BCUT2D eigenvalue weighted by Gasteiger charge is 2.16. The van der Waals surface area contributed by atoms with Crippen LogP contribution in [0.2, 0.25) is 0 Å². The van der Waals surface area contributed by atoms with Crippen LogP contribution in [0.1, 0.15) is 42.9 Å². The molecule has 0 atom stereocenters. The standard InChI is InChI=1S/C20H23N5O3/c1-11(2)25-19-14(10-21-25)8-16(12(3)22-19)20(27)24-15-6-7-18(28-5)17(9-15)23-13(4)26/h6-11H,1-5H3,(H,23,26)(H,24,27). The summed E-state index contributed by atoms with van der Waals surface area (Å²) in [5.41, 5.74) is 2.85. The van der Waals surface area contributed by atoms with Crippen molar-refractivity contribution in [3.63, 3.8) is 0 Å². The fourth-order valence-electron chi connectivity index (χ4n) is 2.94. The van der Waals surface area contributed by atoms with Crippen LogP contribution in [-0.2, 0) is 4.79 Å². The fraction of sp³-hybridized carbons (Fsp3) is 0.300. The second kappa shape index (κ2) is 7.67. The van der Waals surface area contributed by atoms with Gasteiger partial charge in [-0.15, -0.1) is 0 Å². The van der Waals surface area contributed by atoms with E-state index >= 15 is 0 Å². The molecule has 0 saturated heterocycles. The number of hydrogen-bond acceptors (Lipinski definition) is 5. The van der Waals surface area contributed by atoms with E-state index in [1.54, 1.807) is 37.4 Å². The van der Waals surface area contributed by atoms with E-state index in [1.165, 1.54) is 14.0 Å². The summed E-state index contributed by atoms with van der Waals surface area (Å²) in [5, 5.41) is 10.7. The maximum absolute atomic E-state index is 12.8. The molecule has 1 aromatic carbocycles. The Morgan fingerprint density at radius 1 is 1.18 bits per heavy atom. The summed E-state index contributed by atoms with van der Waals surface area (Å²) in [7, 11) is 1.51. The van der Waals surface area contributed by atoms with Crippen LogP contribution in [0.25, 0.3) is 11.0 Å². The number of aryl methyl sites for hydroxylation is 1. The first-order valence-corrected chi connectivity index (χ1v) is 8.92. The summed E-state index contributed by atoms with van der Waals surface area (Å²) in [6.45, 7) is 7.26. The molecule has 2 heterocycles. The molecule has 2 amide bonds. The van der Waals surface area contributed by atoms with Gasteiger partial charge < -0.3 is 15.4 Å². The molecular weight excluding hydrogens is 358 g/mol. The van der Waals surface area contributed by atoms with E-state index in [0.29, 0.717) is 28.4 Å². The predicted molar refractivity (Wildman–Crippen MR) is 108 cm³/mol. The second-order valence-corrected chi connectivity index (χ2v) is 6.77. The summed E-state index contributed by atoms with van der Waals surface area (Å²) in [5.74, 6) is -0.00820. The van der Waals surface area contributed by atoms with Gasteiger partial charge in [-0.05, 0) is 45.0 Å². The average molecular weight is 381 g/mol. The number of anilines is 2. The molecule has 0 aliphatic carbocycles. The molecule has 8 nitrogen and oxygen atoms in total. The normalized spacial score (nSPS) is 10.9. The van der Waals surface area contributed by atoms with Crippen molar-refractivity contribution in [1.29, 1.82) is 0 Å².